The quantitative estimate of drug-likeness (QED) is 0.724. The number of carbonyl (C=O) groups is 1. The summed E-state index contributed by atoms with van der Waals surface area (Å²) in [6.45, 7) is 3.65. The predicted octanol–water partition coefficient (Wildman–Crippen LogP) is 2.20. The Morgan fingerprint density at radius 3 is 3.04 bits per heavy atom. The van der Waals surface area contributed by atoms with Crippen LogP contribution in [0, 0.1) is 6.92 Å². The van der Waals surface area contributed by atoms with E-state index in [0.717, 1.165) is 42.3 Å². The van der Waals surface area contributed by atoms with Crippen LogP contribution in [0.2, 0.25) is 0 Å². The lowest BCUT2D eigenvalue weighted by Gasteiger charge is -2.35. The number of hydrogen-bond donors (Lipinski definition) is 2. The number of carbonyl (C=O) groups excluding carboxylic acids is 1. The number of anilines is 3. The van der Waals surface area contributed by atoms with E-state index >= 15 is 0 Å². The summed E-state index contributed by atoms with van der Waals surface area (Å²) in [5, 5.41) is 9.99. The zero-order valence-corrected chi connectivity index (χ0v) is 14.8. The number of H-pyrrole nitrogens is 1. The summed E-state index contributed by atoms with van der Waals surface area (Å²) in [5.41, 5.74) is 3.45. The van der Waals surface area contributed by atoms with Crippen LogP contribution in [0.15, 0.2) is 36.8 Å². The van der Waals surface area contributed by atoms with Gasteiger partial charge < -0.3 is 4.90 Å². The van der Waals surface area contributed by atoms with Crippen LogP contribution in [0.25, 0.3) is 11.4 Å². The Bertz CT molecular complexity index is 1000. The fourth-order valence-corrected chi connectivity index (χ4v) is 3.71. The second-order valence-corrected chi connectivity index (χ2v) is 6.74. The second kappa shape index (κ2) is 6.04. The van der Waals surface area contributed by atoms with Gasteiger partial charge in [-0.05, 0) is 31.5 Å². The molecule has 3 aromatic rings. The van der Waals surface area contributed by atoms with Gasteiger partial charge in [0.25, 0.3) is 0 Å². The molecule has 2 amide bonds. The highest BCUT2D eigenvalue weighted by Gasteiger charge is 2.40. The number of rotatable bonds is 2. The maximum absolute atomic E-state index is 13.0. The van der Waals surface area contributed by atoms with E-state index in [0.29, 0.717) is 11.6 Å². The Morgan fingerprint density at radius 2 is 2.26 bits per heavy atom. The average molecular weight is 362 g/mol. The Balaban J connectivity index is 1.54. The normalized spacial score (nSPS) is 17.7. The standard InChI is InChI=1S/C18H18N8O/c1-11-8-14(24-23-11)13-2-3-15-17(21-13)26(12-4-7-25(15)10-12)18(27)22-16-9-19-5-6-20-16/h2-3,5-6,8-9,12H,4,7,10H2,1H3,(H,23,24)(H,20,22,27)/t12-/m0/s1. The molecule has 136 valence electrons. The lowest BCUT2D eigenvalue weighted by atomic mass is 10.1. The number of urea groups is 1. The lowest BCUT2D eigenvalue weighted by molar-refractivity contribution is 0.254. The summed E-state index contributed by atoms with van der Waals surface area (Å²) in [4.78, 5) is 30.0. The van der Waals surface area contributed by atoms with Gasteiger partial charge in [-0.15, -0.1) is 0 Å². The third kappa shape index (κ3) is 2.67. The maximum Gasteiger partial charge on any atom is 0.329 e. The van der Waals surface area contributed by atoms with E-state index in [9.17, 15) is 4.79 Å². The van der Waals surface area contributed by atoms with Crippen molar-refractivity contribution < 1.29 is 4.79 Å². The number of nitrogens with one attached hydrogen (secondary N) is 2. The van der Waals surface area contributed by atoms with Gasteiger partial charge in [-0.1, -0.05) is 0 Å². The molecule has 5 rings (SSSR count). The third-order valence-electron chi connectivity index (χ3n) is 4.95. The molecule has 2 bridgehead atoms. The van der Waals surface area contributed by atoms with Gasteiger partial charge in [-0.2, -0.15) is 5.10 Å². The van der Waals surface area contributed by atoms with E-state index in [1.807, 2.05) is 25.1 Å². The van der Waals surface area contributed by atoms with Gasteiger partial charge in [0.1, 0.15) is 0 Å². The number of fused-ring (bicyclic) bond motifs is 4. The molecule has 3 aromatic heterocycles. The van der Waals surface area contributed by atoms with E-state index in [-0.39, 0.29) is 12.1 Å². The molecule has 2 aliphatic rings. The fourth-order valence-electron chi connectivity index (χ4n) is 3.71. The third-order valence-corrected chi connectivity index (χ3v) is 4.95. The van der Waals surface area contributed by atoms with Crippen molar-refractivity contribution in [1.82, 2.24) is 25.1 Å². The van der Waals surface area contributed by atoms with Gasteiger partial charge in [0.15, 0.2) is 11.6 Å². The maximum atomic E-state index is 13.0. The molecule has 9 nitrogen and oxygen atoms in total. The lowest BCUT2D eigenvalue weighted by Crippen LogP contribution is -2.48. The number of aryl methyl sites for hydroxylation is 1. The number of aromatic amines is 1. The Hall–Kier alpha value is -3.49. The number of hydrogen-bond acceptors (Lipinski definition) is 6. The molecular weight excluding hydrogens is 344 g/mol. The van der Waals surface area contributed by atoms with Gasteiger partial charge in [-0.3, -0.25) is 20.3 Å². The summed E-state index contributed by atoms with van der Waals surface area (Å²) in [6, 6.07) is 5.77. The van der Waals surface area contributed by atoms with Crippen LogP contribution in [0.1, 0.15) is 12.1 Å². The summed E-state index contributed by atoms with van der Waals surface area (Å²) >= 11 is 0. The largest absolute Gasteiger partial charge is 0.366 e. The molecule has 5 heterocycles. The van der Waals surface area contributed by atoms with E-state index < -0.39 is 0 Å². The van der Waals surface area contributed by atoms with Crippen LogP contribution in [0.4, 0.5) is 22.1 Å². The van der Waals surface area contributed by atoms with Crippen LogP contribution >= 0.6 is 0 Å². The van der Waals surface area contributed by atoms with Crippen molar-refractivity contribution in [3.63, 3.8) is 0 Å². The molecule has 27 heavy (non-hydrogen) atoms. The number of nitrogens with zero attached hydrogens (tertiary/aromatic N) is 6. The SMILES string of the molecule is Cc1cc(-c2ccc3c(n2)N(C(=O)Nc2cnccn2)[C@H]2CCN3C2)[nH]n1. The van der Waals surface area contributed by atoms with E-state index in [1.165, 1.54) is 6.20 Å². The fraction of sp³-hybridized carbons (Fsp3) is 0.278. The van der Waals surface area contributed by atoms with Crippen LogP contribution in [0.5, 0.6) is 0 Å². The topological polar surface area (TPSA) is 103 Å². The first kappa shape index (κ1) is 15.7. The van der Waals surface area contributed by atoms with Crippen molar-refractivity contribution in [3.8, 4) is 11.4 Å². The summed E-state index contributed by atoms with van der Waals surface area (Å²) in [5.74, 6) is 1.08. The molecule has 9 heteroatoms. The van der Waals surface area contributed by atoms with Crippen LogP contribution in [0.3, 0.4) is 0 Å². The second-order valence-electron chi connectivity index (χ2n) is 6.74. The van der Waals surface area contributed by atoms with Crippen LogP contribution in [-0.2, 0) is 0 Å². The highest BCUT2D eigenvalue weighted by atomic mass is 16.2. The van der Waals surface area contributed by atoms with E-state index in [4.69, 9.17) is 4.98 Å². The molecule has 0 saturated carbocycles. The minimum absolute atomic E-state index is 0.0837. The van der Waals surface area contributed by atoms with Crippen LogP contribution in [-0.4, -0.2) is 50.3 Å². The van der Waals surface area contributed by atoms with Crippen molar-refractivity contribution >= 4 is 23.4 Å². The number of amides is 2. The van der Waals surface area contributed by atoms with Gasteiger partial charge in [0, 0.05) is 25.5 Å². The summed E-state index contributed by atoms with van der Waals surface area (Å²) in [6.07, 6.45) is 5.55. The van der Waals surface area contributed by atoms with Gasteiger partial charge >= 0.3 is 6.03 Å². The number of aromatic nitrogens is 5. The Kier molecular flexibility index (Phi) is 3.52. The monoisotopic (exact) mass is 362 g/mol. The molecule has 1 fully saturated rings. The highest BCUT2D eigenvalue weighted by molar-refractivity contribution is 6.04. The molecule has 2 aliphatic heterocycles. The van der Waals surface area contributed by atoms with Crippen LogP contribution < -0.4 is 15.1 Å². The molecule has 0 unspecified atom stereocenters. The van der Waals surface area contributed by atoms with Crippen molar-refractivity contribution in [3.05, 3.63) is 42.5 Å². The molecule has 2 N–H and O–H groups in total. The smallest absolute Gasteiger partial charge is 0.329 e. The molecule has 1 atom stereocenters. The molecule has 0 aromatic carbocycles. The van der Waals surface area contributed by atoms with E-state index in [1.54, 1.807) is 17.3 Å². The summed E-state index contributed by atoms with van der Waals surface area (Å²) in [7, 11) is 0. The minimum Gasteiger partial charge on any atom is -0.366 e. The molecule has 1 saturated heterocycles. The molecule has 0 radical (unpaired) electrons. The van der Waals surface area contributed by atoms with Gasteiger partial charge in [0.05, 0.1) is 35.0 Å². The average Bonchev–Trinajstić information content (AvgIpc) is 3.30. The van der Waals surface area contributed by atoms with Crippen molar-refractivity contribution in [1.29, 1.82) is 0 Å². The van der Waals surface area contributed by atoms with Crippen molar-refractivity contribution in [2.24, 2.45) is 0 Å². The van der Waals surface area contributed by atoms with Crippen molar-refractivity contribution in [2.75, 3.05) is 28.2 Å². The van der Waals surface area contributed by atoms with Crippen molar-refractivity contribution in [2.45, 2.75) is 19.4 Å². The zero-order chi connectivity index (χ0) is 18.4. The molecule has 0 spiro atoms. The van der Waals surface area contributed by atoms with Gasteiger partial charge in [-0.25, -0.2) is 14.8 Å². The first-order chi connectivity index (χ1) is 13.2. The molecular formula is C18H18N8O. The Labute approximate surface area is 155 Å². The Morgan fingerprint density at radius 1 is 1.33 bits per heavy atom. The zero-order valence-electron chi connectivity index (χ0n) is 14.8. The van der Waals surface area contributed by atoms with E-state index in [2.05, 4.69) is 30.4 Å². The first-order valence-corrected chi connectivity index (χ1v) is 8.83. The summed E-state index contributed by atoms with van der Waals surface area (Å²) < 4.78 is 0. The first-order valence-electron chi connectivity index (χ1n) is 8.83. The minimum atomic E-state index is -0.242. The number of pyridine rings is 1. The van der Waals surface area contributed by atoms with Gasteiger partial charge in [0.2, 0.25) is 0 Å². The molecule has 0 aliphatic carbocycles. The predicted molar refractivity (Wildman–Crippen MR) is 101 cm³/mol. The highest BCUT2D eigenvalue weighted by Crippen LogP contribution is 2.40.